The van der Waals surface area contributed by atoms with Gasteiger partial charge in [0.05, 0.1) is 22.5 Å². The maximum Gasteiger partial charge on any atom is 0.271 e. The molecule has 0 fully saturated rings. The largest absolute Gasteiger partial charge is 0.295 e. The van der Waals surface area contributed by atoms with Crippen molar-refractivity contribution in [3.63, 3.8) is 0 Å². The van der Waals surface area contributed by atoms with Crippen molar-refractivity contribution in [3.05, 3.63) is 128 Å². The second-order valence-electron chi connectivity index (χ2n) is 8.11. The molecule has 0 spiro atoms. The van der Waals surface area contributed by atoms with Crippen molar-refractivity contribution in [1.29, 1.82) is 0 Å². The normalized spacial score (nSPS) is 11.2. The summed E-state index contributed by atoms with van der Waals surface area (Å²) in [6, 6.07) is 29.2. The summed E-state index contributed by atoms with van der Waals surface area (Å²) in [6.07, 6.45) is 0. The van der Waals surface area contributed by atoms with Crippen molar-refractivity contribution in [1.82, 2.24) is 19.6 Å². The van der Waals surface area contributed by atoms with Gasteiger partial charge in [-0.05, 0) is 16.7 Å². The number of hydrogen-bond donors (Lipinski definition) is 2. The van der Waals surface area contributed by atoms with Gasteiger partial charge < -0.3 is 0 Å². The Kier molecular flexibility index (Phi) is 5.18. The zero-order valence-electron chi connectivity index (χ0n) is 18.4. The van der Waals surface area contributed by atoms with E-state index in [0.29, 0.717) is 22.5 Å². The Morgan fingerprint density at radius 2 is 0.939 bits per heavy atom. The van der Waals surface area contributed by atoms with Gasteiger partial charge in [0.2, 0.25) is 0 Å². The van der Waals surface area contributed by atoms with E-state index in [0.717, 1.165) is 16.7 Å². The number of aromatic amines is 2. The standard InChI is InChI=1S/C27H24N4O2/c1-30-26(32)22(24(28-30)19-14-8-4-9-15-19)21(18-12-6-3-7-13-18)23-25(29-31(2)27(23)33)20-16-10-5-11-17-20/h3-17,21,28-29H,1-2H3. The fraction of sp³-hybridized carbons (Fsp3) is 0.111. The molecule has 0 saturated heterocycles. The molecular formula is C27H24N4O2. The van der Waals surface area contributed by atoms with E-state index in [-0.39, 0.29) is 11.1 Å². The van der Waals surface area contributed by atoms with Crippen molar-refractivity contribution in [2.45, 2.75) is 5.92 Å². The Bertz CT molecular complexity index is 1410. The van der Waals surface area contributed by atoms with Gasteiger partial charge in [0.15, 0.2) is 0 Å². The van der Waals surface area contributed by atoms with Crippen LogP contribution in [-0.4, -0.2) is 19.6 Å². The molecule has 33 heavy (non-hydrogen) atoms. The average Bonchev–Trinajstić information content (AvgIpc) is 3.32. The summed E-state index contributed by atoms with van der Waals surface area (Å²) in [5.41, 5.74) is 4.83. The maximum atomic E-state index is 13.5. The Hall–Kier alpha value is -4.32. The predicted octanol–water partition coefficient (Wildman–Crippen LogP) is 4.25. The van der Waals surface area contributed by atoms with Crippen LogP contribution in [0.3, 0.4) is 0 Å². The zero-order chi connectivity index (χ0) is 22.9. The van der Waals surface area contributed by atoms with Crippen LogP contribution in [0.2, 0.25) is 0 Å². The van der Waals surface area contributed by atoms with Crippen LogP contribution >= 0.6 is 0 Å². The first kappa shape index (κ1) is 20.6. The smallest absolute Gasteiger partial charge is 0.271 e. The Morgan fingerprint density at radius 1 is 0.576 bits per heavy atom. The van der Waals surface area contributed by atoms with Crippen molar-refractivity contribution in [3.8, 4) is 22.5 Å². The molecule has 0 aliphatic heterocycles. The summed E-state index contributed by atoms with van der Waals surface area (Å²) in [6.45, 7) is 0. The number of benzene rings is 3. The van der Waals surface area contributed by atoms with Gasteiger partial charge in [-0.15, -0.1) is 0 Å². The van der Waals surface area contributed by atoms with Gasteiger partial charge in [-0.2, -0.15) is 0 Å². The Labute approximate surface area is 190 Å². The van der Waals surface area contributed by atoms with E-state index < -0.39 is 5.92 Å². The molecular weight excluding hydrogens is 412 g/mol. The maximum absolute atomic E-state index is 13.5. The highest BCUT2D eigenvalue weighted by molar-refractivity contribution is 5.70. The molecule has 5 aromatic rings. The molecule has 0 bridgehead atoms. The number of nitrogens with one attached hydrogen (secondary N) is 2. The highest BCUT2D eigenvalue weighted by Crippen LogP contribution is 2.37. The van der Waals surface area contributed by atoms with E-state index in [1.807, 2.05) is 91.0 Å². The summed E-state index contributed by atoms with van der Waals surface area (Å²) in [4.78, 5) is 27.1. The number of hydrogen-bond acceptors (Lipinski definition) is 2. The monoisotopic (exact) mass is 436 g/mol. The second kappa shape index (κ2) is 8.31. The minimum atomic E-state index is -0.563. The minimum absolute atomic E-state index is 0.162. The number of aryl methyl sites for hydroxylation is 2. The molecule has 6 heteroatoms. The predicted molar refractivity (Wildman–Crippen MR) is 130 cm³/mol. The molecule has 2 heterocycles. The number of nitrogens with zero attached hydrogens (tertiary/aromatic N) is 2. The first-order valence-electron chi connectivity index (χ1n) is 10.8. The van der Waals surface area contributed by atoms with Crippen LogP contribution in [0.25, 0.3) is 22.5 Å². The zero-order valence-corrected chi connectivity index (χ0v) is 18.4. The Balaban J connectivity index is 1.87. The second-order valence-corrected chi connectivity index (χ2v) is 8.11. The summed E-state index contributed by atoms with van der Waals surface area (Å²) in [5.74, 6) is -0.563. The van der Waals surface area contributed by atoms with E-state index >= 15 is 0 Å². The number of aromatic nitrogens is 4. The summed E-state index contributed by atoms with van der Waals surface area (Å²) >= 11 is 0. The van der Waals surface area contributed by atoms with Crippen LogP contribution in [-0.2, 0) is 14.1 Å². The fourth-order valence-electron chi connectivity index (χ4n) is 4.44. The van der Waals surface area contributed by atoms with E-state index in [1.54, 1.807) is 14.1 Å². The molecule has 2 aromatic heterocycles. The third-order valence-corrected chi connectivity index (χ3v) is 6.00. The van der Waals surface area contributed by atoms with Crippen molar-refractivity contribution in [2.75, 3.05) is 0 Å². The molecule has 0 radical (unpaired) electrons. The van der Waals surface area contributed by atoms with Crippen LogP contribution in [0.1, 0.15) is 22.6 Å². The van der Waals surface area contributed by atoms with Gasteiger partial charge in [-0.3, -0.25) is 29.2 Å². The molecule has 3 aromatic carbocycles. The molecule has 6 nitrogen and oxygen atoms in total. The van der Waals surface area contributed by atoms with E-state index in [9.17, 15) is 9.59 Å². The van der Waals surface area contributed by atoms with Crippen LogP contribution in [0, 0.1) is 0 Å². The van der Waals surface area contributed by atoms with Crippen molar-refractivity contribution < 1.29 is 0 Å². The molecule has 164 valence electrons. The molecule has 0 amide bonds. The third-order valence-electron chi connectivity index (χ3n) is 6.00. The summed E-state index contributed by atoms with van der Waals surface area (Å²) in [7, 11) is 3.40. The fourth-order valence-corrected chi connectivity index (χ4v) is 4.44. The van der Waals surface area contributed by atoms with Crippen LogP contribution in [0.4, 0.5) is 0 Å². The quantitative estimate of drug-likeness (QED) is 0.432. The van der Waals surface area contributed by atoms with Crippen molar-refractivity contribution >= 4 is 0 Å². The third kappa shape index (κ3) is 3.55. The van der Waals surface area contributed by atoms with E-state index in [1.165, 1.54) is 9.36 Å². The van der Waals surface area contributed by atoms with Gasteiger partial charge in [0, 0.05) is 20.0 Å². The van der Waals surface area contributed by atoms with Gasteiger partial charge in [0.25, 0.3) is 11.1 Å². The molecule has 0 unspecified atom stereocenters. The van der Waals surface area contributed by atoms with Gasteiger partial charge >= 0.3 is 0 Å². The lowest BCUT2D eigenvalue weighted by atomic mass is 9.83. The molecule has 5 rings (SSSR count). The number of H-pyrrole nitrogens is 2. The highest BCUT2D eigenvalue weighted by Gasteiger charge is 2.32. The molecule has 0 saturated carbocycles. The van der Waals surface area contributed by atoms with Crippen molar-refractivity contribution in [2.24, 2.45) is 14.1 Å². The topological polar surface area (TPSA) is 75.6 Å². The highest BCUT2D eigenvalue weighted by atomic mass is 16.1. The lowest BCUT2D eigenvalue weighted by Crippen LogP contribution is -2.24. The lowest BCUT2D eigenvalue weighted by Gasteiger charge is -2.17. The van der Waals surface area contributed by atoms with Gasteiger partial charge in [0.1, 0.15) is 0 Å². The molecule has 0 atom stereocenters. The van der Waals surface area contributed by atoms with E-state index in [2.05, 4.69) is 10.2 Å². The summed E-state index contributed by atoms with van der Waals surface area (Å²) < 4.78 is 2.96. The first-order chi connectivity index (χ1) is 16.1. The minimum Gasteiger partial charge on any atom is -0.295 e. The number of rotatable bonds is 5. The summed E-state index contributed by atoms with van der Waals surface area (Å²) in [5, 5.41) is 6.44. The molecule has 0 aliphatic carbocycles. The van der Waals surface area contributed by atoms with Crippen LogP contribution < -0.4 is 11.1 Å². The average molecular weight is 437 g/mol. The van der Waals surface area contributed by atoms with Gasteiger partial charge in [-0.1, -0.05) is 91.0 Å². The first-order valence-corrected chi connectivity index (χ1v) is 10.8. The van der Waals surface area contributed by atoms with E-state index in [4.69, 9.17) is 0 Å². The lowest BCUT2D eigenvalue weighted by molar-refractivity contribution is 0.734. The van der Waals surface area contributed by atoms with Crippen LogP contribution in [0.5, 0.6) is 0 Å². The Morgan fingerprint density at radius 3 is 1.33 bits per heavy atom. The molecule has 0 aliphatic rings. The van der Waals surface area contributed by atoms with Gasteiger partial charge in [-0.25, -0.2) is 0 Å². The van der Waals surface area contributed by atoms with Crippen LogP contribution in [0.15, 0.2) is 101 Å². The SMILES string of the molecule is Cn1[nH]c(-c2ccccc2)c(C(c2ccccc2)c2c(-c3ccccc3)[nH]n(C)c2=O)c1=O. The molecule has 2 N–H and O–H groups in total.